The second kappa shape index (κ2) is 6.96. The molecule has 0 aliphatic heterocycles. The van der Waals surface area contributed by atoms with Crippen molar-refractivity contribution in [3.63, 3.8) is 0 Å². The number of methoxy groups -OCH3 is 1. The number of hydrogen-bond donors (Lipinski definition) is 1. The Labute approximate surface area is 122 Å². The fourth-order valence-electron chi connectivity index (χ4n) is 1.74. The molecule has 0 aliphatic rings. The molecule has 0 saturated carbocycles. The number of nitrogens with zero attached hydrogens (tertiary/aromatic N) is 1. The normalized spacial score (nSPS) is 9.52. The lowest BCUT2D eigenvalue weighted by Crippen LogP contribution is -2.13. The van der Waals surface area contributed by atoms with Crippen LogP contribution in [-0.2, 0) is 11.3 Å². The van der Waals surface area contributed by atoms with Gasteiger partial charge in [-0.05, 0) is 17.7 Å². The first-order chi connectivity index (χ1) is 10.2. The predicted molar refractivity (Wildman–Crippen MR) is 78.0 cm³/mol. The van der Waals surface area contributed by atoms with Crippen LogP contribution >= 0.6 is 0 Å². The molecule has 5 heteroatoms. The van der Waals surface area contributed by atoms with Crippen LogP contribution in [-0.4, -0.2) is 13.2 Å². The van der Waals surface area contributed by atoms with Crippen LogP contribution in [0.25, 0.3) is 0 Å². The standard InChI is InChI=1S/C16H14N2O3/c1-20-15-9-14(8-7-13(15)10-17)18-16(19)21-11-12-5-3-2-4-6-12/h2-9H,11H2,1H3,(H,18,19). The van der Waals surface area contributed by atoms with Gasteiger partial charge in [-0.1, -0.05) is 30.3 Å². The molecule has 1 N–H and O–H groups in total. The van der Waals surface area contributed by atoms with Crippen molar-refractivity contribution in [2.75, 3.05) is 12.4 Å². The lowest BCUT2D eigenvalue weighted by molar-refractivity contribution is 0.155. The van der Waals surface area contributed by atoms with Gasteiger partial charge in [-0.3, -0.25) is 5.32 Å². The molecule has 0 aliphatic carbocycles. The zero-order valence-corrected chi connectivity index (χ0v) is 11.5. The molecule has 0 heterocycles. The minimum Gasteiger partial charge on any atom is -0.495 e. The number of carbonyl (C=O) groups is 1. The number of rotatable bonds is 4. The SMILES string of the molecule is COc1cc(NC(=O)OCc2ccccc2)ccc1C#N. The second-order valence-electron chi connectivity index (χ2n) is 4.21. The molecule has 2 rings (SSSR count). The molecule has 0 atom stereocenters. The van der Waals surface area contributed by atoms with E-state index in [9.17, 15) is 4.79 Å². The minimum atomic E-state index is -0.564. The lowest BCUT2D eigenvalue weighted by atomic mass is 10.2. The van der Waals surface area contributed by atoms with E-state index in [0.717, 1.165) is 5.56 Å². The Morgan fingerprint density at radius 3 is 2.67 bits per heavy atom. The Morgan fingerprint density at radius 2 is 2.00 bits per heavy atom. The quantitative estimate of drug-likeness (QED) is 0.933. The number of nitriles is 1. The Balaban J connectivity index is 1.95. The summed E-state index contributed by atoms with van der Waals surface area (Å²) < 4.78 is 10.2. The lowest BCUT2D eigenvalue weighted by Gasteiger charge is -2.09. The zero-order chi connectivity index (χ0) is 15.1. The third-order valence-electron chi connectivity index (χ3n) is 2.78. The zero-order valence-electron chi connectivity index (χ0n) is 11.5. The van der Waals surface area contributed by atoms with Crippen LogP contribution in [0, 0.1) is 11.3 Å². The summed E-state index contributed by atoms with van der Waals surface area (Å²) in [4.78, 5) is 11.7. The molecule has 1 amide bonds. The molecule has 106 valence electrons. The van der Waals surface area contributed by atoms with Crippen LogP contribution < -0.4 is 10.1 Å². The first-order valence-electron chi connectivity index (χ1n) is 6.29. The molecule has 2 aromatic rings. The van der Waals surface area contributed by atoms with Crippen LogP contribution in [0.2, 0.25) is 0 Å². The van der Waals surface area contributed by atoms with Gasteiger partial charge in [0.15, 0.2) is 0 Å². The van der Waals surface area contributed by atoms with E-state index >= 15 is 0 Å². The molecule has 0 spiro atoms. The van der Waals surface area contributed by atoms with Crippen molar-refractivity contribution in [3.8, 4) is 11.8 Å². The summed E-state index contributed by atoms with van der Waals surface area (Å²) in [6.07, 6.45) is -0.564. The van der Waals surface area contributed by atoms with E-state index in [4.69, 9.17) is 14.7 Å². The first-order valence-corrected chi connectivity index (χ1v) is 6.29. The Kier molecular flexibility index (Phi) is 4.78. The van der Waals surface area contributed by atoms with Gasteiger partial charge in [0, 0.05) is 11.8 Å². The van der Waals surface area contributed by atoms with Crippen molar-refractivity contribution in [2.45, 2.75) is 6.61 Å². The molecular formula is C16H14N2O3. The van der Waals surface area contributed by atoms with Crippen molar-refractivity contribution in [3.05, 3.63) is 59.7 Å². The van der Waals surface area contributed by atoms with Crippen molar-refractivity contribution in [2.24, 2.45) is 0 Å². The highest BCUT2D eigenvalue weighted by Gasteiger charge is 2.07. The molecular weight excluding hydrogens is 268 g/mol. The van der Waals surface area contributed by atoms with Crippen LogP contribution in [0.15, 0.2) is 48.5 Å². The van der Waals surface area contributed by atoms with Crippen LogP contribution in [0.3, 0.4) is 0 Å². The Bertz CT molecular complexity index is 663. The molecule has 0 fully saturated rings. The number of ether oxygens (including phenoxy) is 2. The van der Waals surface area contributed by atoms with Gasteiger partial charge in [-0.2, -0.15) is 5.26 Å². The highest BCUT2D eigenvalue weighted by molar-refractivity contribution is 5.85. The van der Waals surface area contributed by atoms with E-state index in [-0.39, 0.29) is 6.61 Å². The van der Waals surface area contributed by atoms with E-state index in [1.54, 1.807) is 18.2 Å². The van der Waals surface area contributed by atoms with E-state index in [1.165, 1.54) is 7.11 Å². The topological polar surface area (TPSA) is 71.3 Å². The summed E-state index contributed by atoms with van der Waals surface area (Å²) in [5.74, 6) is 0.401. The summed E-state index contributed by atoms with van der Waals surface area (Å²) in [5.41, 5.74) is 1.81. The van der Waals surface area contributed by atoms with Gasteiger partial charge in [-0.15, -0.1) is 0 Å². The van der Waals surface area contributed by atoms with Gasteiger partial charge in [0.25, 0.3) is 0 Å². The van der Waals surface area contributed by atoms with Crippen molar-refractivity contribution in [1.82, 2.24) is 0 Å². The second-order valence-corrected chi connectivity index (χ2v) is 4.21. The maximum absolute atomic E-state index is 11.7. The summed E-state index contributed by atoms with van der Waals surface area (Å²) in [6.45, 7) is 0.195. The molecule has 0 aromatic heterocycles. The molecule has 0 radical (unpaired) electrons. The fraction of sp³-hybridized carbons (Fsp3) is 0.125. The molecule has 5 nitrogen and oxygen atoms in total. The molecule has 2 aromatic carbocycles. The minimum absolute atomic E-state index is 0.195. The van der Waals surface area contributed by atoms with E-state index in [2.05, 4.69) is 5.32 Å². The maximum Gasteiger partial charge on any atom is 0.411 e. The summed E-state index contributed by atoms with van der Waals surface area (Å²) in [5, 5.41) is 11.5. The number of benzene rings is 2. The Morgan fingerprint density at radius 1 is 1.24 bits per heavy atom. The van der Waals surface area contributed by atoms with Crippen LogP contribution in [0.5, 0.6) is 5.75 Å². The van der Waals surface area contributed by atoms with Gasteiger partial charge in [0.1, 0.15) is 18.4 Å². The van der Waals surface area contributed by atoms with E-state index in [1.807, 2.05) is 36.4 Å². The largest absolute Gasteiger partial charge is 0.495 e. The number of nitrogens with one attached hydrogen (secondary N) is 1. The van der Waals surface area contributed by atoms with Gasteiger partial charge in [0.05, 0.1) is 12.7 Å². The monoisotopic (exact) mass is 282 g/mol. The van der Waals surface area contributed by atoms with Crippen LogP contribution in [0.1, 0.15) is 11.1 Å². The van der Waals surface area contributed by atoms with Crippen LogP contribution in [0.4, 0.5) is 10.5 Å². The molecule has 0 saturated heterocycles. The highest BCUT2D eigenvalue weighted by atomic mass is 16.5. The third-order valence-corrected chi connectivity index (χ3v) is 2.78. The highest BCUT2D eigenvalue weighted by Crippen LogP contribution is 2.22. The first kappa shape index (κ1) is 14.4. The van der Waals surface area contributed by atoms with Crippen molar-refractivity contribution < 1.29 is 14.3 Å². The van der Waals surface area contributed by atoms with Gasteiger partial charge >= 0.3 is 6.09 Å². The smallest absolute Gasteiger partial charge is 0.411 e. The summed E-state index contributed by atoms with van der Waals surface area (Å²) in [6, 6.07) is 16.2. The van der Waals surface area contributed by atoms with Crippen molar-refractivity contribution in [1.29, 1.82) is 5.26 Å². The average molecular weight is 282 g/mol. The number of anilines is 1. The van der Waals surface area contributed by atoms with E-state index < -0.39 is 6.09 Å². The van der Waals surface area contributed by atoms with Gasteiger partial charge in [0.2, 0.25) is 0 Å². The molecule has 0 bridgehead atoms. The number of hydrogen-bond acceptors (Lipinski definition) is 4. The van der Waals surface area contributed by atoms with Crippen molar-refractivity contribution >= 4 is 11.8 Å². The van der Waals surface area contributed by atoms with E-state index in [0.29, 0.717) is 17.0 Å². The summed E-state index contributed by atoms with van der Waals surface area (Å²) in [7, 11) is 1.47. The average Bonchev–Trinajstić information content (AvgIpc) is 2.53. The van der Waals surface area contributed by atoms with Gasteiger partial charge in [-0.25, -0.2) is 4.79 Å². The van der Waals surface area contributed by atoms with Gasteiger partial charge < -0.3 is 9.47 Å². The third kappa shape index (κ3) is 3.98. The number of carbonyl (C=O) groups excluding carboxylic acids is 1. The molecule has 21 heavy (non-hydrogen) atoms. The summed E-state index contributed by atoms with van der Waals surface area (Å²) >= 11 is 0. The Hall–Kier alpha value is -3.00. The fourth-order valence-corrected chi connectivity index (χ4v) is 1.74. The maximum atomic E-state index is 11.7. The number of amides is 1. The predicted octanol–water partition coefficient (Wildman–Crippen LogP) is 3.32. The molecule has 0 unspecified atom stereocenters.